The van der Waals surface area contributed by atoms with Crippen LogP contribution < -0.4 is 16.8 Å². The number of hydrogen-bond donors (Lipinski definition) is 10. The van der Waals surface area contributed by atoms with Crippen LogP contribution in [0.25, 0.3) is 88.1 Å². The topological polar surface area (TPSA) is 392 Å². The Morgan fingerprint density at radius 3 is 1.18 bits per heavy atom. The minimum atomic E-state index is -4.82. The molecule has 2 aliphatic rings. The normalized spacial score (nSPS) is 13.4. The predicted octanol–water partition coefficient (Wildman–Crippen LogP) is 22.5. The molecule has 0 unspecified atom stereocenters. The van der Waals surface area contributed by atoms with E-state index in [1.807, 2.05) is 46.0 Å². The van der Waals surface area contributed by atoms with E-state index >= 15 is 0 Å². The number of aromatic nitrogens is 8. The SMILES string of the molecule is C.CC(=O)O.CN1CCC(N)CC1.Cc1cnc(F)c(-c2c(Cl)cc(C(F)(F)F)c(C)c2N)c1.Cc1cnc(F)c(-c2c(Cl)cc(C(F)(F)F)c(C)c2[N+](=O)[O-])c1.Cc1cnc2[nH]c3c(C)c(C(=O)NC4CCN(C)CC4)cc(Cl)c3c2c1.Cc1cnc2[nH]c3c(C)c(C(=O)O)cc(Cl)c3c2c1.Cc1cnc2[nH]c3c(C)c(C(F)(F)F)cc(Cl)c3c2c1.O=S(=O)(O)O. The van der Waals surface area contributed by atoms with E-state index in [0.29, 0.717) is 66.6 Å². The number of nitrogens with zero attached hydrogens (tertiary/aromatic N) is 8. The Balaban J connectivity index is 0.000000208. The van der Waals surface area contributed by atoms with Gasteiger partial charge in [-0.25, -0.2) is 29.7 Å². The number of nitrogens with two attached hydrogens (primary N) is 2. The number of halogens is 16. The Kier molecular flexibility index (Phi) is 34.2. The zero-order chi connectivity index (χ0) is 94.3. The number of nitro benzene ring substituents is 1. The summed E-state index contributed by atoms with van der Waals surface area (Å²) in [4.78, 5) is 77.3. The number of nitrogen functional groups attached to an aromatic ring is 1. The van der Waals surface area contributed by atoms with Crippen LogP contribution in [0.5, 0.6) is 0 Å². The number of carboxylic acid groups (broad SMARTS) is 2. The average molecular weight is 1900 g/mol. The summed E-state index contributed by atoms with van der Waals surface area (Å²) in [6.45, 7) is 21.9. The highest BCUT2D eigenvalue weighted by molar-refractivity contribution is 7.79. The van der Waals surface area contributed by atoms with Gasteiger partial charge in [0, 0.05) is 116 Å². The second-order valence-electron chi connectivity index (χ2n) is 29.9. The highest BCUT2D eigenvalue weighted by Crippen LogP contribution is 2.48. The van der Waals surface area contributed by atoms with Gasteiger partial charge >= 0.3 is 34.9 Å². The van der Waals surface area contributed by atoms with Crippen LogP contribution in [0.2, 0.25) is 25.1 Å². The molecule has 15 rings (SSSR count). The van der Waals surface area contributed by atoms with E-state index in [1.165, 1.54) is 70.4 Å². The molecule has 0 bridgehead atoms. The second kappa shape index (κ2) is 42.0. The van der Waals surface area contributed by atoms with Crippen LogP contribution in [-0.2, 0) is 33.7 Å². The standard InChI is InChI=1S/C20H23ClN4O.C14H9ClF4N2O2.C14H11ClF4N2.C14H10ClF3N2.C14H11ClN2O2.C6H14N2.C2H4O2.CH4.H2O4S/c1-11-8-15-17-16(21)9-14(12(2)18(17)24-19(15)22-10-11)20(26)23-13-4-6-25(3)7-5-13;1-6-3-8(13(16)20-5-6)11-10(15)4-9(14(17,18)19)7(2)12(11)21(22)23;1-6-3-8(13(16)21-5-6)11-10(15)4-9(14(17,18)19)7(2)12(11)20;1-6-3-8-11-10(15)4-9(14(16,17)18)7(2)12(11)20-13(8)19-5-6;1-6-3-9-11-10(15)4-8(14(18)19)7(2)12(11)17-13(9)16-5-6;1-8-4-2-6(7)3-5-8;1-2(3)4;;1-5(2,3)4/h8-10,13H,4-7H2,1-3H3,(H,22,24)(H,23,26);3-5H,1-2H3;3-5H,20H2,1-2H3;3-5H,1-2H3,(H,19,20);3-5H,1-2H3,(H,16,17)(H,18,19);6H,2-5,7H2,1H3;1H3,(H,3,4);1H4;(H2,1,2,3,4). The summed E-state index contributed by atoms with van der Waals surface area (Å²) in [5.74, 6) is -3.76. The number of hydrogen-bond acceptors (Lipinski definition) is 16. The van der Waals surface area contributed by atoms with Crippen molar-refractivity contribution in [2.45, 2.75) is 140 Å². The number of rotatable bonds is 6. The number of carbonyl (C=O) groups excluding carboxylic acids is 1. The van der Waals surface area contributed by atoms with Crippen LogP contribution in [0, 0.1) is 91.2 Å². The number of aromatic carboxylic acids is 1. The summed E-state index contributed by atoms with van der Waals surface area (Å²) in [5.41, 5.74) is 16.6. The summed E-state index contributed by atoms with van der Waals surface area (Å²) in [6, 6.07) is 14.9. The third-order valence-corrected chi connectivity index (χ3v) is 21.7. The number of alkyl halides is 9. The van der Waals surface area contributed by atoms with E-state index in [0.717, 1.165) is 118 Å². The molecule has 25 nitrogen and oxygen atoms in total. The molecule has 0 radical (unpaired) electrons. The van der Waals surface area contributed by atoms with Crippen LogP contribution in [0.15, 0.2) is 91.6 Å². The Morgan fingerprint density at radius 1 is 0.504 bits per heavy atom. The zero-order valence-electron chi connectivity index (χ0n) is 69.3. The molecule has 2 aliphatic heterocycles. The smallest absolute Gasteiger partial charge is 0.416 e. The number of aryl methyl sites for hydroxylation is 8. The van der Waals surface area contributed by atoms with E-state index in [9.17, 15) is 73.1 Å². The fraction of sp³-hybridized carbons (Fsp3) is 0.318. The van der Waals surface area contributed by atoms with Crippen molar-refractivity contribution in [3.8, 4) is 22.3 Å². The molecule has 682 valence electrons. The van der Waals surface area contributed by atoms with E-state index in [-0.39, 0.29) is 68.5 Å². The lowest BCUT2D eigenvalue weighted by Gasteiger charge is -2.29. The van der Waals surface area contributed by atoms with E-state index in [4.69, 9.17) is 96.9 Å². The molecule has 2 fully saturated rings. The van der Waals surface area contributed by atoms with Crippen LogP contribution >= 0.6 is 58.0 Å². The number of carbonyl (C=O) groups is 3. The Morgan fingerprint density at radius 2 is 0.811 bits per heavy atom. The lowest BCUT2D eigenvalue weighted by molar-refractivity contribution is -0.384. The number of aromatic amines is 3. The third kappa shape index (κ3) is 25.6. The summed E-state index contributed by atoms with van der Waals surface area (Å²) < 4.78 is 176. The molecule has 0 atom stereocenters. The first-order valence-corrected chi connectivity index (χ1v) is 41.0. The molecule has 0 aliphatic carbocycles. The van der Waals surface area contributed by atoms with Crippen molar-refractivity contribution in [3.05, 3.63) is 222 Å². The van der Waals surface area contributed by atoms with Gasteiger partial charge in [-0.15, -0.1) is 0 Å². The maximum atomic E-state index is 13.9. The zero-order valence-corrected chi connectivity index (χ0v) is 73.9. The monoisotopic (exact) mass is 1900 g/mol. The number of H-pyrrole nitrogens is 3. The van der Waals surface area contributed by atoms with Crippen molar-refractivity contribution in [3.63, 3.8) is 0 Å². The maximum absolute atomic E-state index is 13.9. The highest BCUT2D eigenvalue weighted by Gasteiger charge is 2.40. The number of aliphatic carboxylic acids is 1. The number of carboxylic acids is 2. The van der Waals surface area contributed by atoms with Gasteiger partial charge in [-0.1, -0.05) is 65.4 Å². The molecule has 2 saturated heterocycles. The van der Waals surface area contributed by atoms with Gasteiger partial charge in [0.2, 0.25) is 11.9 Å². The fourth-order valence-electron chi connectivity index (χ4n) is 13.9. The number of fused-ring (bicyclic) bond motifs is 9. The van der Waals surface area contributed by atoms with Crippen molar-refractivity contribution in [1.29, 1.82) is 0 Å². The maximum Gasteiger partial charge on any atom is 0.416 e. The molecule has 127 heavy (non-hydrogen) atoms. The largest absolute Gasteiger partial charge is 0.481 e. The number of benzene rings is 5. The van der Waals surface area contributed by atoms with Crippen molar-refractivity contribution in [2.75, 3.05) is 46.0 Å². The third-order valence-electron chi connectivity index (χ3n) is 20.2. The molecule has 13 aromatic rings. The van der Waals surface area contributed by atoms with Gasteiger partial charge in [-0.05, 0) is 246 Å². The van der Waals surface area contributed by atoms with Crippen LogP contribution in [-0.4, -0.2) is 153 Å². The number of anilines is 1. The van der Waals surface area contributed by atoms with Gasteiger partial charge in [0.25, 0.3) is 17.6 Å². The Bertz CT molecular complexity index is 6440. The summed E-state index contributed by atoms with van der Waals surface area (Å²) >= 11 is 30.6. The van der Waals surface area contributed by atoms with E-state index in [1.54, 1.807) is 39.2 Å². The van der Waals surface area contributed by atoms with Crippen LogP contribution in [0.4, 0.5) is 59.7 Å². The minimum Gasteiger partial charge on any atom is -0.481 e. The van der Waals surface area contributed by atoms with E-state index in [2.05, 4.69) is 75.2 Å². The first-order valence-electron chi connectivity index (χ1n) is 37.7. The summed E-state index contributed by atoms with van der Waals surface area (Å²) in [6.07, 6.45) is -1.77. The quantitative estimate of drug-likeness (QED) is 0.0185. The first kappa shape index (κ1) is 103. The lowest BCUT2D eigenvalue weighted by Crippen LogP contribution is -2.43. The molecule has 0 spiro atoms. The molecule has 12 N–H and O–H groups in total. The highest BCUT2D eigenvalue weighted by atomic mass is 35.5. The molecular weight excluding hydrogens is 1810 g/mol. The van der Waals surface area contributed by atoms with Gasteiger partial charge in [0.05, 0.1) is 74.4 Å². The average Bonchev–Trinajstić information content (AvgIpc) is 1.65. The van der Waals surface area contributed by atoms with Gasteiger partial charge in [-0.2, -0.15) is 56.7 Å². The van der Waals surface area contributed by atoms with Crippen LogP contribution in [0.1, 0.15) is 133 Å². The van der Waals surface area contributed by atoms with Crippen molar-refractivity contribution in [1.82, 2.24) is 55.0 Å². The second-order valence-corrected chi connectivity index (χ2v) is 32.9. The molecule has 10 heterocycles. The van der Waals surface area contributed by atoms with Crippen molar-refractivity contribution in [2.24, 2.45) is 5.73 Å². The lowest BCUT2D eigenvalue weighted by atomic mass is 9.96. The van der Waals surface area contributed by atoms with E-state index < -0.39 is 96.2 Å². The molecule has 42 heteroatoms. The number of piperidine rings is 2. The Labute approximate surface area is 745 Å². The first-order chi connectivity index (χ1) is 58.4. The molecule has 0 saturated carbocycles. The van der Waals surface area contributed by atoms with Crippen LogP contribution in [0.3, 0.4) is 0 Å². The fourth-order valence-corrected chi connectivity index (χ4v) is 15.5. The van der Waals surface area contributed by atoms with Gasteiger partial charge < -0.3 is 51.7 Å². The van der Waals surface area contributed by atoms with Gasteiger partial charge in [0.1, 0.15) is 16.9 Å². The summed E-state index contributed by atoms with van der Waals surface area (Å²) in [7, 11) is -0.409. The molecule has 5 aromatic carbocycles. The van der Waals surface area contributed by atoms with Crippen molar-refractivity contribution >= 4 is 163 Å². The molecule has 1 amide bonds. The van der Waals surface area contributed by atoms with Gasteiger partial charge in [0.15, 0.2) is 0 Å². The minimum absolute atomic E-state index is 0. The summed E-state index contributed by atoms with van der Waals surface area (Å²) in [5, 5.41) is 36.3. The number of nitrogens with one attached hydrogen (secondary N) is 4. The van der Waals surface area contributed by atoms with Gasteiger partial charge in [-0.3, -0.25) is 28.8 Å². The predicted molar refractivity (Wildman–Crippen MR) is 472 cm³/mol. The number of amides is 1. The number of likely N-dealkylation sites (tertiary alicyclic amines) is 2. The number of nitro groups is 1. The Hall–Kier alpha value is -10.7. The van der Waals surface area contributed by atoms with Crippen molar-refractivity contribution < 1.29 is 95.3 Å². The molecule has 8 aromatic heterocycles. The molecular formula is C85H88Cl5F11N14O11S. The number of pyridine rings is 5.